The van der Waals surface area contributed by atoms with E-state index in [2.05, 4.69) is 15.9 Å². The van der Waals surface area contributed by atoms with Crippen molar-refractivity contribution in [2.45, 2.75) is 31.8 Å². The van der Waals surface area contributed by atoms with E-state index in [0.29, 0.717) is 0 Å². The van der Waals surface area contributed by atoms with Gasteiger partial charge in [-0.2, -0.15) is 0 Å². The van der Waals surface area contributed by atoms with E-state index in [4.69, 9.17) is 0 Å². The van der Waals surface area contributed by atoms with Gasteiger partial charge in [-0.05, 0) is 30.0 Å². The lowest BCUT2D eigenvalue weighted by molar-refractivity contribution is 0.118. The number of hydrogen-bond donors (Lipinski definition) is 1. The van der Waals surface area contributed by atoms with E-state index in [0.717, 1.165) is 22.4 Å². The summed E-state index contributed by atoms with van der Waals surface area (Å²) < 4.78 is 1.07. The van der Waals surface area contributed by atoms with Crippen molar-refractivity contribution in [2.75, 3.05) is 0 Å². The molecule has 0 amide bonds. The molecule has 1 nitrogen and oxygen atoms in total. The van der Waals surface area contributed by atoms with E-state index >= 15 is 0 Å². The average molecular weight is 255 g/mol. The van der Waals surface area contributed by atoms with E-state index in [1.165, 1.54) is 19.3 Å². The van der Waals surface area contributed by atoms with Crippen molar-refractivity contribution in [1.82, 2.24) is 0 Å². The molecule has 1 atom stereocenters. The molecular formula is C12H15BrO. The molecule has 0 bridgehead atoms. The zero-order valence-electron chi connectivity index (χ0n) is 8.12. The van der Waals surface area contributed by atoms with Gasteiger partial charge in [-0.25, -0.2) is 0 Å². The van der Waals surface area contributed by atoms with Gasteiger partial charge in [0.1, 0.15) is 0 Å². The van der Waals surface area contributed by atoms with Gasteiger partial charge in [-0.15, -0.1) is 0 Å². The molecule has 2 heteroatoms. The van der Waals surface area contributed by atoms with Crippen LogP contribution in [0.15, 0.2) is 28.7 Å². The fourth-order valence-corrected chi connectivity index (χ4v) is 2.13. The molecule has 1 aliphatic rings. The maximum atomic E-state index is 9.93. The average Bonchev–Trinajstić information content (AvgIpc) is 2.12. The van der Waals surface area contributed by atoms with Crippen molar-refractivity contribution < 1.29 is 5.11 Å². The minimum Gasteiger partial charge on any atom is -0.388 e. The van der Waals surface area contributed by atoms with E-state index in [1.54, 1.807) is 0 Å². The van der Waals surface area contributed by atoms with Gasteiger partial charge in [0.05, 0.1) is 6.10 Å². The Hall–Kier alpha value is -0.340. The molecule has 1 saturated carbocycles. The van der Waals surface area contributed by atoms with Crippen molar-refractivity contribution in [3.63, 3.8) is 0 Å². The summed E-state index contributed by atoms with van der Waals surface area (Å²) in [5, 5.41) is 9.93. The predicted molar refractivity (Wildman–Crippen MR) is 61.1 cm³/mol. The molecule has 0 saturated heterocycles. The van der Waals surface area contributed by atoms with Crippen LogP contribution in [0.1, 0.15) is 37.4 Å². The molecule has 1 aromatic carbocycles. The van der Waals surface area contributed by atoms with Gasteiger partial charge in [-0.1, -0.05) is 47.3 Å². The van der Waals surface area contributed by atoms with E-state index < -0.39 is 0 Å². The van der Waals surface area contributed by atoms with Crippen LogP contribution in [-0.2, 0) is 0 Å². The first kappa shape index (κ1) is 10.2. The molecular weight excluding hydrogens is 240 g/mol. The second kappa shape index (κ2) is 4.45. The Kier molecular flexibility index (Phi) is 3.24. The lowest BCUT2D eigenvalue weighted by Crippen LogP contribution is -2.14. The summed E-state index contributed by atoms with van der Waals surface area (Å²) in [5.74, 6) is 0.758. The molecule has 14 heavy (non-hydrogen) atoms. The lowest BCUT2D eigenvalue weighted by Gasteiger charge is -2.27. The van der Waals surface area contributed by atoms with Crippen LogP contribution in [0.5, 0.6) is 0 Å². The molecule has 2 rings (SSSR count). The Labute approximate surface area is 93.3 Å². The van der Waals surface area contributed by atoms with E-state index in [-0.39, 0.29) is 6.10 Å². The molecule has 1 aliphatic carbocycles. The zero-order valence-corrected chi connectivity index (χ0v) is 9.70. The highest BCUT2D eigenvalue weighted by Crippen LogP contribution is 2.34. The highest BCUT2D eigenvalue weighted by molar-refractivity contribution is 9.10. The molecule has 0 radical (unpaired) electrons. The summed E-state index contributed by atoms with van der Waals surface area (Å²) in [5.41, 5.74) is 1.04. The normalized spacial score (nSPS) is 19.0. The fraction of sp³-hybridized carbons (Fsp3) is 0.500. The zero-order chi connectivity index (χ0) is 9.97. The van der Waals surface area contributed by atoms with Crippen LogP contribution in [0.25, 0.3) is 0 Å². The van der Waals surface area contributed by atoms with Crippen LogP contribution in [0.3, 0.4) is 0 Å². The SMILES string of the molecule is OC(CC1CCC1)c1ccc(Br)cc1. The van der Waals surface area contributed by atoms with Crippen molar-refractivity contribution in [2.24, 2.45) is 5.92 Å². The van der Waals surface area contributed by atoms with Crippen LogP contribution in [0, 0.1) is 5.92 Å². The smallest absolute Gasteiger partial charge is 0.0792 e. The third kappa shape index (κ3) is 2.37. The lowest BCUT2D eigenvalue weighted by atomic mass is 9.80. The van der Waals surface area contributed by atoms with Crippen LogP contribution in [-0.4, -0.2) is 5.11 Å². The quantitative estimate of drug-likeness (QED) is 0.873. The van der Waals surface area contributed by atoms with Crippen LogP contribution >= 0.6 is 15.9 Å². The second-order valence-corrected chi connectivity index (χ2v) is 5.02. The summed E-state index contributed by atoms with van der Waals surface area (Å²) >= 11 is 3.39. The third-order valence-corrected chi connectivity index (χ3v) is 3.56. The Morgan fingerprint density at radius 1 is 1.29 bits per heavy atom. The van der Waals surface area contributed by atoms with Gasteiger partial charge < -0.3 is 5.11 Å². The van der Waals surface area contributed by atoms with Gasteiger partial charge >= 0.3 is 0 Å². The summed E-state index contributed by atoms with van der Waals surface area (Å²) in [6, 6.07) is 7.96. The molecule has 1 N–H and O–H groups in total. The Bertz CT molecular complexity index is 290. The van der Waals surface area contributed by atoms with Gasteiger partial charge in [0.15, 0.2) is 0 Å². The molecule has 1 fully saturated rings. The fourth-order valence-electron chi connectivity index (χ4n) is 1.87. The van der Waals surface area contributed by atoms with Crippen molar-refractivity contribution in [3.8, 4) is 0 Å². The molecule has 1 aromatic rings. The van der Waals surface area contributed by atoms with E-state index in [1.807, 2.05) is 24.3 Å². The summed E-state index contributed by atoms with van der Waals surface area (Å²) in [6.07, 6.45) is 4.61. The summed E-state index contributed by atoms with van der Waals surface area (Å²) in [4.78, 5) is 0. The first-order valence-electron chi connectivity index (χ1n) is 5.19. The Balaban J connectivity index is 1.95. The maximum absolute atomic E-state index is 9.93. The maximum Gasteiger partial charge on any atom is 0.0792 e. The third-order valence-electron chi connectivity index (χ3n) is 3.04. The van der Waals surface area contributed by atoms with Crippen LogP contribution in [0.2, 0.25) is 0 Å². The number of hydrogen-bond acceptors (Lipinski definition) is 1. The first-order chi connectivity index (χ1) is 6.75. The second-order valence-electron chi connectivity index (χ2n) is 4.10. The molecule has 0 heterocycles. The van der Waals surface area contributed by atoms with Crippen LogP contribution in [0.4, 0.5) is 0 Å². The van der Waals surface area contributed by atoms with Crippen LogP contribution < -0.4 is 0 Å². The number of benzene rings is 1. The minimum absolute atomic E-state index is 0.270. The highest BCUT2D eigenvalue weighted by Gasteiger charge is 2.21. The highest BCUT2D eigenvalue weighted by atomic mass is 79.9. The minimum atomic E-state index is -0.270. The Morgan fingerprint density at radius 2 is 1.93 bits per heavy atom. The van der Waals surface area contributed by atoms with Gasteiger partial charge in [0.25, 0.3) is 0 Å². The molecule has 0 spiro atoms. The number of aliphatic hydroxyl groups is 1. The van der Waals surface area contributed by atoms with Crippen molar-refractivity contribution in [1.29, 1.82) is 0 Å². The summed E-state index contributed by atoms with van der Waals surface area (Å²) in [6.45, 7) is 0. The van der Waals surface area contributed by atoms with E-state index in [9.17, 15) is 5.11 Å². The standard InChI is InChI=1S/C12H15BrO/c13-11-6-4-10(5-7-11)12(14)8-9-2-1-3-9/h4-7,9,12,14H,1-3,8H2. The number of rotatable bonds is 3. The topological polar surface area (TPSA) is 20.2 Å². The van der Waals surface area contributed by atoms with Gasteiger partial charge in [0, 0.05) is 4.47 Å². The van der Waals surface area contributed by atoms with Gasteiger partial charge in [-0.3, -0.25) is 0 Å². The first-order valence-corrected chi connectivity index (χ1v) is 5.98. The van der Waals surface area contributed by atoms with Gasteiger partial charge in [0.2, 0.25) is 0 Å². The number of aliphatic hydroxyl groups excluding tert-OH is 1. The predicted octanol–water partition coefficient (Wildman–Crippen LogP) is 3.67. The molecule has 1 unspecified atom stereocenters. The van der Waals surface area contributed by atoms with Crippen molar-refractivity contribution >= 4 is 15.9 Å². The largest absolute Gasteiger partial charge is 0.388 e. The molecule has 0 aromatic heterocycles. The Morgan fingerprint density at radius 3 is 2.43 bits per heavy atom. The van der Waals surface area contributed by atoms with Crippen molar-refractivity contribution in [3.05, 3.63) is 34.3 Å². The summed E-state index contributed by atoms with van der Waals surface area (Å²) in [7, 11) is 0. The molecule has 0 aliphatic heterocycles. The monoisotopic (exact) mass is 254 g/mol. The molecule has 76 valence electrons. The number of halogens is 1.